The molecule has 2 unspecified atom stereocenters. The Morgan fingerprint density at radius 3 is 2.86 bits per heavy atom. The standard InChI is InChI=1S/C17H21NO3/c1-12-13(7-5-11-19)6-4-8-14(12)17(21)18-15-9-2-3-10-16(15)20/h4,6,8,15-16,19-20H,2-3,9-11H2,1H3,(H,18,21). The summed E-state index contributed by atoms with van der Waals surface area (Å²) in [5.41, 5.74) is 2.10. The summed E-state index contributed by atoms with van der Waals surface area (Å²) in [7, 11) is 0. The Labute approximate surface area is 125 Å². The van der Waals surface area contributed by atoms with Crippen LogP contribution in [0.25, 0.3) is 0 Å². The van der Waals surface area contributed by atoms with E-state index in [-0.39, 0.29) is 18.6 Å². The first kappa shape index (κ1) is 15.6. The van der Waals surface area contributed by atoms with Crippen molar-refractivity contribution in [1.29, 1.82) is 0 Å². The highest BCUT2D eigenvalue weighted by Crippen LogP contribution is 2.20. The summed E-state index contributed by atoms with van der Waals surface area (Å²) in [4.78, 5) is 12.4. The van der Waals surface area contributed by atoms with Gasteiger partial charge in [0.15, 0.2) is 0 Å². The van der Waals surface area contributed by atoms with E-state index in [1.54, 1.807) is 12.1 Å². The van der Waals surface area contributed by atoms with Crippen LogP contribution in [0.2, 0.25) is 0 Å². The molecular weight excluding hydrogens is 266 g/mol. The number of carbonyl (C=O) groups is 1. The molecule has 0 heterocycles. The minimum absolute atomic E-state index is 0.169. The van der Waals surface area contributed by atoms with Gasteiger partial charge in [-0.15, -0.1) is 0 Å². The molecule has 0 spiro atoms. The molecule has 2 rings (SSSR count). The number of hydrogen-bond acceptors (Lipinski definition) is 3. The summed E-state index contributed by atoms with van der Waals surface area (Å²) in [5.74, 6) is 5.26. The average Bonchev–Trinajstić information content (AvgIpc) is 2.48. The predicted molar refractivity (Wildman–Crippen MR) is 80.9 cm³/mol. The highest BCUT2D eigenvalue weighted by Gasteiger charge is 2.25. The summed E-state index contributed by atoms with van der Waals surface area (Å²) < 4.78 is 0. The molecule has 0 bridgehead atoms. The van der Waals surface area contributed by atoms with Crippen LogP contribution in [0.4, 0.5) is 0 Å². The lowest BCUT2D eigenvalue weighted by Crippen LogP contribution is -2.45. The molecule has 0 aliphatic heterocycles. The van der Waals surface area contributed by atoms with Gasteiger partial charge in [0.2, 0.25) is 0 Å². The number of amides is 1. The van der Waals surface area contributed by atoms with E-state index in [2.05, 4.69) is 17.2 Å². The summed E-state index contributed by atoms with van der Waals surface area (Å²) >= 11 is 0. The molecule has 1 saturated carbocycles. The highest BCUT2D eigenvalue weighted by molar-refractivity contribution is 5.96. The van der Waals surface area contributed by atoms with Crippen molar-refractivity contribution < 1.29 is 15.0 Å². The van der Waals surface area contributed by atoms with Crippen LogP contribution in [0, 0.1) is 18.8 Å². The van der Waals surface area contributed by atoms with Crippen molar-refractivity contribution in [2.45, 2.75) is 44.8 Å². The van der Waals surface area contributed by atoms with E-state index in [1.165, 1.54) is 0 Å². The highest BCUT2D eigenvalue weighted by atomic mass is 16.3. The van der Waals surface area contributed by atoms with E-state index in [0.717, 1.165) is 36.8 Å². The van der Waals surface area contributed by atoms with E-state index in [9.17, 15) is 9.90 Å². The minimum atomic E-state index is -0.458. The van der Waals surface area contributed by atoms with Gasteiger partial charge >= 0.3 is 0 Å². The van der Waals surface area contributed by atoms with Crippen LogP contribution in [-0.2, 0) is 0 Å². The molecule has 1 aromatic carbocycles. The number of rotatable bonds is 2. The summed E-state index contributed by atoms with van der Waals surface area (Å²) in [5, 5.41) is 21.6. The van der Waals surface area contributed by atoms with Crippen molar-refractivity contribution in [3.63, 3.8) is 0 Å². The van der Waals surface area contributed by atoms with Gasteiger partial charge < -0.3 is 15.5 Å². The molecule has 1 aromatic rings. The molecular formula is C17H21NO3. The van der Waals surface area contributed by atoms with Gasteiger partial charge in [-0.05, 0) is 37.5 Å². The molecule has 4 nitrogen and oxygen atoms in total. The van der Waals surface area contributed by atoms with E-state index < -0.39 is 6.10 Å². The third-order valence-electron chi connectivity index (χ3n) is 3.93. The molecule has 21 heavy (non-hydrogen) atoms. The maximum atomic E-state index is 12.4. The number of aliphatic hydroxyl groups excluding tert-OH is 2. The van der Waals surface area contributed by atoms with Gasteiger partial charge in [-0.3, -0.25) is 4.79 Å². The fourth-order valence-electron chi connectivity index (χ4n) is 2.68. The number of carbonyl (C=O) groups excluding carboxylic acids is 1. The SMILES string of the molecule is Cc1c(C#CCO)cccc1C(=O)NC1CCCCC1O. The molecule has 0 aromatic heterocycles. The summed E-state index contributed by atoms with van der Waals surface area (Å²) in [6.45, 7) is 1.64. The van der Waals surface area contributed by atoms with Gasteiger partial charge in [-0.25, -0.2) is 0 Å². The molecule has 0 radical (unpaired) electrons. The first-order valence-corrected chi connectivity index (χ1v) is 7.31. The van der Waals surface area contributed by atoms with Crippen LogP contribution in [0.3, 0.4) is 0 Å². The average molecular weight is 287 g/mol. The van der Waals surface area contributed by atoms with E-state index in [0.29, 0.717) is 5.56 Å². The van der Waals surface area contributed by atoms with Crippen LogP contribution in [0.15, 0.2) is 18.2 Å². The van der Waals surface area contributed by atoms with Crippen LogP contribution >= 0.6 is 0 Å². The lowest BCUT2D eigenvalue weighted by molar-refractivity contribution is 0.0717. The number of aliphatic hydroxyl groups is 2. The van der Waals surface area contributed by atoms with Gasteiger partial charge in [0.1, 0.15) is 6.61 Å². The van der Waals surface area contributed by atoms with Crippen molar-refractivity contribution in [3.8, 4) is 11.8 Å². The first-order valence-electron chi connectivity index (χ1n) is 7.31. The van der Waals surface area contributed by atoms with Gasteiger partial charge in [0.05, 0.1) is 12.1 Å². The Morgan fingerprint density at radius 2 is 2.14 bits per heavy atom. The van der Waals surface area contributed by atoms with Crippen LogP contribution in [0.1, 0.15) is 47.2 Å². The van der Waals surface area contributed by atoms with Crippen LogP contribution < -0.4 is 5.32 Å². The smallest absolute Gasteiger partial charge is 0.251 e. The van der Waals surface area contributed by atoms with Crippen LogP contribution in [-0.4, -0.2) is 34.9 Å². The van der Waals surface area contributed by atoms with E-state index >= 15 is 0 Å². The zero-order chi connectivity index (χ0) is 15.2. The third-order valence-corrected chi connectivity index (χ3v) is 3.93. The fraction of sp³-hybridized carbons (Fsp3) is 0.471. The maximum Gasteiger partial charge on any atom is 0.251 e. The molecule has 1 aliphatic carbocycles. The number of benzene rings is 1. The predicted octanol–water partition coefficient (Wildman–Crippen LogP) is 1.37. The number of hydrogen-bond donors (Lipinski definition) is 3. The summed E-state index contributed by atoms with van der Waals surface area (Å²) in [6.07, 6.45) is 3.14. The molecule has 1 amide bonds. The Hall–Kier alpha value is -1.83. The minimum Gasteiger partial charge on any atom is -0.391 e. The molecule has 4 heteroatoms. The monoisotopic (exact) mass is 287 g/mol. The van der Waals surface area contributed by atoms with Crippen molar-refractivity contribution in [3.05, 3.63) is 34.9 Å². The van der Waals surface area contributed by atoms with Crippen molar-refractivity contribution in [2.24, 2.45) is 0 Å². The number of nitrogens with one attached hydrogen (secondary N) is 1. The second-order valence-electron chi connectivity index (χ2n) is 5.37. The van der Waals surface area contributed by atoms with Gasteiger partial charge in [-0.1, -0.05) is 30.7 Å². The van der Waals surface area contributed by atoms with Crippen LogP contribution in [0.5, 0.6) is 0 Å². The Kier molecular flexibility index (Phi) is 5.38. The largest absolute Gasteiger partial charge is 0.391 e. The lowest BCUT2D eigenvalue weighted by Gasteiger charge is -2.28. The molecule has 0 saturated heterocycles. The zero-order valence-electron chi connectivity index (χ0n) is 12.2. The van der Waals surface area contributed by atoms with Gasteiger partial charge in [0.25, 0.3) is 5.91 Å². The Morgan fingerprint density at radius 1 is 1.38 bits per heavy atom. The first-order chi connectivity index (χ1) is 10.1. The lowest BCUT2D eigenvalue weighted by atomic mass is 9.92. The topological polar surface area (TPSA) is 69.6 Å². The van der Waals surface area contributed by atoms with E-state index in [1.807, 2.05) is 13.0 Å². The normalized spacial score (nSPS) is 21.3. The quantitative estimate of drug-likeness (QED) is 0.720. The molecule has 112 valence electrons. The molecule has 3 N–H and O–H groups in total. The molecule has 2 atom stereocenters. The van der Waals surface area contributed by atoms with Gasteiger partial charge in [-0.2, -0.15) is 0 Å². The second-order valence-corrected chi connectivity index (χ2v) is 5.37. The Balaban J connectivity index is 2.15. The maximum absolute atomic E-state index is 12.4. The third kappa shape index (κ3) is 3.84. The summed E-state index contributed by atoms with van der Waals surface area (Å²) in [6, 6.07) is 5.19. The molecule has 1 aliphatic rings. The second kappa shape index (κ2) is 7.26. The van der Waals surface area contributed by atoms with Crippen molar-refractivity contribution in [1.82, 2.24) is 5.32 Å². The van der Waals surface area contributed by atoms with Crippen molar-refractivity contribution in [2.75, 3.05) is 6.61 Å². The fourth-order valence-corrected chi connectivity index (χ4v) is 2.68. The van der Waals surface area contributed by atoms with Gasteiger partial charge in [0, 0.05) is 11.1 Å². The van der Waals surface area contributed by atoms with E-state index in [4.69, 9.17) is 5.11 Å². The molecule has 1 fully saturated rings. The zero-order valence-corrected chi connectivity index (χ0v) is 12.2. The van der Waals surface area contributed by atoms with Crippen molar-refractivity contribution >= 4 is 5.91 Å². The Bertz CT molecular complexity index is 571.